The molecule has 0 saturated carbocycles. The van der Waals surface area contributed by atoms with E-state index in [1.54, 1.807) is 25.2 Å². The number of hydrogen-bond acceptors (Lipinski definition) is 6. The molecule has 1 unspecified atom stereocenters. The van der Waals surface area contributed by atoms with Gasteiger partial charge in [0.15, 0.2) is 11.5 Å². The SMILES string of the molecule is CNCC1CN(C(=O)O)CCN1C(=O)Oc1ccc(CNC(=O)CCCCC=CC(C)C)cc1OC. The van der Waals surface area contributed by atoms with Gasteiger partial charge in [-0.25, -0.2) is 9.59 Å². The second-order valence-corrected chi connectivity index (χ2v) is 9.18. The van der Waals surface area contributed by atoms with Gasteiger partial charge in [0, 0.05) is 39.1 Å². The monoisotopic (exact) mass is 504 g/mol. The van der Waals surface area contributed by atoms with Crippen LogP contribution in [0.4, 0.5) is 9.59 Å². The molecule has 1 aliphatic heterocycles. The van der Waals surface area contributed by atoms with Gasteiger partial charge < -0.3 is 35.0 Å². The molecule has 1 aromatic rings. The summed E-state index contributed by atoms with van der Waals surface area (Å²) >= 11 is 0. The zero-order valence-electron chi connectivity index (χ0n) is 21.8. The maximum Gasteiger partial charge on any atom is 0.415 e. The Bertz CT molecular complexity index is 904. The Labute approximate surface area is 213 Å². The molecule has 3 amide bonds. The second kappa shape index (κ2) is 15.0. The van der Waals surface area contributed by atoms with E-state index < -0.39 is 12.2 Å². The summed E-state index contributed by atoms with van der Waals surface area (Å²) in [5.41, 5.74) is 0.822. The summed E-state index contributed by atoms with van der Waals surface area (Å²) in [7, 11) is 3.23. The molecule has 1 aliphatic rings. The third kappa shape index (κ3) is 9.41. The van der Waals surface area contributed by atoms with E-state index in [1.807, 2.05) is 0 Å². The summed E-state index contributed by atoms with van der Waals surface area (Å²) in [5.74, 6) is 1.18. The van der Waals surface area contributed by atoms with E-state index in [9.17, 15) is 19.5 Å². The standard InChI is InChI=1S/C26H40N4O6/c1-19(2)9-7-5-6-8-10-24(31)28-16-20-11-12-22(23(15-20)35-4)36-26(34)30-14-13-29(25(32)33)18-21(30)17-27-3/h7,9,11-12,15,19,21,27H,5-6,8,10,13-14,16-18H2,1-4H3,(H,28,31)(H,32,33). The van der Waals surface area contributed by atoms with Crippen molar-refractivity contribution in [3.8, 4) is 11.5 Å². The van der Waals surface area contributed by atoms with Crippen molar-refractivity contribution in [2.75, 3.05) is 40.3 Å². The molecular weight excluding hydrogens is 464 g/mol. The van der Waals surface area contributed by atoms with Crippen LogP contribution in [0.15, 0.2) is 30.4 Å². The van der Waals surface area contributed by atoms with Crippen LogP contribution in [0.1, 0.15) is 45.1 Å². The van der Waals surface area contributed by atoms with Crippen LogP contribution in [-0.2, 0) is 11.3 Å². The van der Waals surface area contributed by atoms with Gasteiger partial charge in [-0.3, -0.25) is 4.79 Å². The Balaban J connectivity index is 1.88. The Morgan fingerprint density at radius 1 is 1.19 bits per heavy atom. The number of nitrogens with one attached hydrogen (secondary N) is 2. The predicted octanol–water partition coefficient (Wildman–Crippen LogP) is 3.47. The third-order valence-electron chi connectivity index (χ3n) is 5.89. The first-order valence-electron chi connectivity index (χ1n) is 12.5. The van der Waals surface area contributed by atoms with Crippen LogP contribution in [0.2, 0.25) is 0 Å². The molecule has 1 aromatic carbocycles. The van der Waals surface area contributed by atoms with Gasteiger partial charge >= 0.3 is 12.2 Å². The number of unbranched alkanes of at least 4 members (excludes halogenated alkanes) is 2. The maximum atomic E-state index is 12.9. The lowest BCUT2D eigenvalue weighted by Crippen LogP contribution is -2.59. The highest BCUT2D eigenvalue weighted by Crippen LogP contribution is 2.29. The van der Waals surface area contributed by atoms with Crippen molar-refractivity contribution < 1.29 is 29.0 Å². The molecular formula is C26H40N4O6. The highest BCUT2D eigenvalue weighted by atomic mass is 16.6. The molecule has 1 saturated heterocycles. The molecule has 36 heavy (non-hydrogen) atoms. The molecule has 10 heteroatoms. The Kier molecular flexibility index (Phi) is 12.0. The van der Waals surface area contributed by atoms with Crippen LogP contribution in [0.5, 0.6) is 11.5 Å². The zero-order chi connectivity index (χ0) is 26.5. The van der Waals surface area contributed by atoms with E-state index >= 15 is 0 Å². The van der Waals surface area contributed by atoms with E-state index in [-0.39, 0.29) is 37.3 Å². The lowest BCUT2D eigenvalue weighted by atomic mass is 10.1. The molecule has 1 atom stereocenters. The quantitative estimate of drug-likeness (QED) is 0.294. The van der Waals surface area contributed by atoms with Crippen molar-refractivity contribution >= 4 is 18.1 Å². The maximum absolute atomic E-state index is 12.9. The summed E-state index contributed by atoms with van der Waals surface area (Å²) in [6, 6.07) is 4.79. The molecule has 0 aliphatic carbocycles. The molecule has 3 N–H and O–H groups in total. The molecule has 2 rings (SSSR count). The van der Waals surface area contributed by atoms with Gasteiger partial charge in [-0.1, -0.05) is 32.1 Å². The molecule has 0 spiro atoms. The molecule has 200 valence electrons. The topological polar surface area (TPSA) is 120 Å². The summed E-state index contributed by atoms with van der Waals surface area (Å²) in [5, 5.41) is 15.2. The van der Waals surface area contributed by atoms with Crippen molar-refractivity contribution in [1.29, 1.82) is 0 Å². The van der Waals surface area contributed by atoms with E-state index in [0.717, 1.165) is 24.8 Å². The first-order chi connectivity index (χ1) is 17.2. The second-order valence-electron chi connectivity index (χ2n) is 9.18. The first kappa shape index (κ1) is 29.0. The van der Waals surface area contributed by atoms with Crippen LogP contribution < -0.4 is 20.1 Å². The molecule has 0 aromatic heterocycles. The number of nitrogens with zero attached hydrogens (tertiary/aromatic N) is 2. The number of carbonyl (C=O) groups is 3. The number of rotatable bonds is 12. The Hall–Kier alpha value is -3.27. The van der Waals surface area contributed by atoms with Crippen molar-refractivity contribution in [3.05, 3.63) is 35.9 Å². The van der Waals surface area contributed by atoms with Gasteiger partial charge in [-0.2, -0.15) is 0 Å². The largest absolute Gasteiger partial charge is 0.493 e. The van der Waals surface area contributed by atoms with Gasteiger partial charge in [-0.15, -0.1) is 0 Å². The van der Waals surface area contributed by atoms with Crippen LogP contribution in [-0.4, -0.2) is 79.4 Å². The summed E-state index contributed by atoms with van der Waals surface area (Å²) < 4.78 is 11.0. The zero-order valence-corrected chi connectivity index (χ0v) is 21.8. The fraction of sp³-hybridized carbons (Fsp3) is 0.577. The molecule has 0 bridgehead atoms. The van der Waals surface area contributed by atoms with Gasteiger partial charge in [0.1, 0.15) is 0 Å². The molecule has 1 fully saturated rings. The van der Waals surface area contributed by atoms with Gasteiger partial charge in [0.2, 0.25) is 5.91 Å². The summed E-state index contributed by atoms with van der Waals surface area (Å²) in [6.07, 6.45) is 6.04. The van der Waals surface area contributed by atoms with E-state index in [4.69, 9.17) is 9.47 Å². The highest BCUT2D eigenvalue weighted by Gasteiger charge is 2.33. The van der Waals surface area contributed by atoms with Crippen molar-refractivity contribution in [3.63, 3.8) is 0 Å². The summed E-state index contributed by atoms with van der Waals surface area (Å²) in [6.45, 7) is 5.71. The number of hydrogen-bond donors (Lipinski definition) is 3. The number of likely N-dealkylation sites (N-methyl/N-ethyl adjacent to an activating group) is 1. The number of allylic oxidation sites excluding steroid dienone is 2. The number of carbonyl (C=O) groups excluding carboxylic acids is 2. The fourth-order valence-corrected chi connectivity index (χ4v) is 3.94. The number of piperazine rings is 1. The van der Waals surface area contributed by atoms with Gasteiger partial charge in [0.05, 0.1) is 13.2 Å². The van der Waals surface area contributed by atoms with E-state index in [2.05, 4.69) is 36.6 Å². The fourth-order valence-electron chi connectivity index (χ4n) is 3.94. The van der Waals surface area contributed by atoms with Crippen molar-refractivity contribution in [2.24, 2.45) is 5.92 Å². The van der Waals surface area contributed by atoms with Crippen molar-refractivity contribution in [2.45, 2.75) is 52.1 Å². The lowest BCUT2D eigenvalue weighted by Gasteiger charge is -2.39. The number of ether oxygens (including phenoxy) is 2. The predicted molar refractivity (Wildman–Crippen MR) is 137 cm³/mol. The normalized spacial score (nSPS) is 15.9. The van der Waals surface area contributed by atoms with Crippen LogP contribution in [0.3, 0.4) is 0 Å². The number of methoxy groups -OCH3 is 1. The van der Waals surface area contributed by atoms with E-state index in [1.165, 1.54) is 16.9 Å². The highest BCUT2D eigenvalue weighted by molar-refractivity contribution is 5.76. The minimum atomic E-state index is -1.01. The average molecular weight is 505 g/mol. The third-order valence-corrected chi connectivity index (χ3v) is 5.89. The smallest absolute Gasteiger partial charge is 0.415 e. The summed E-state index contributed by atoms with van der Waals surface area (Å²) in [4.78, 5) is 39.2. The minimum absolute atomic E-state index is 0.00612. The first-order valence-corrected chi connectivity index (χ1v) is 12.5. The molecule has 10 nitrogen and oxygen atoms in total. The number of carboxylic acid groups (broad SMARTS) is 1. The molecule has 0 radical (unpaired) electrons. The van der Waals surface area contributed by atoms with Crippen LogP contribution >= 0.6 is 0 Å². The number of benzene rings is 1. The van der Waals surface area contributed by atoms with Crippen molar-refractivity contribution in [1.82, 2.24) is 20.4 Å². The van der Waals surface area contributed by atoms with Crippen LogP contribution in [0, 0.1) is 5.92 Å². The molecule has 1 heterocycles. The van der Waals surface area contributed by atoms with Crippen LogP contribution in [0.25, 0.3) is 0 Å². The Morgan fingerprint density at radius 3 is 2.64 bits per heavy atom. The minimum Gasteiger partial charge on any atom is -0.493 e. The van der Waals surface area contributed by atoms with Gasteiger partial charge in [-0.05, 0) is 49.9 Å². The Morgan fingerprint density at radius 2 is 1.97 bits per heavy atom. The lowest BCUT2D eigenvalue weighted by molar-refractivity contribution is -0.121. The van der Waals surface area contributed by atoms with E-state index in [0.29, 0.717) is 31.2 Å². The number of amides is 3. The average Bonchev–Trinajstić information content (AvgIpc) is 2.85. The van der Waals surface area contributed by atoms with Gasteiger partial charge in [0.25, 0.3) is 0 Å².